The molecule has 0 spiro atoms. The number of benzene rings is 2. The second-order valence-electron chi connectivity index (χ2n) is 6.18. The fraction of sp³-hybridized carbons (Fsp3) is 0.316. The van der Waals surface area contributed by atoms with Crippen molar-refractivity contribution in [3.05, 3.63) is 69.7 Å². The summed E-state index contributed by atoms with van der Waals surface area (Å²) in [5.41, 5.74) is 2.08. The van der Waals surface area contributed by atoms with Crippen molar-refractivity contribution < 1.29 is 13.6 Å². The van der Waals surface area contributed by atoms with Crippen molar-refractivity contribution in [2.45, 2.75) is 25.9 Å². The third kappa shape index (κ3) is 4.35. The van der Waals surface area contributed by atoms with Gasteiger partial charge in [-0.15, -0.1) is 0 Å². The number of halogens is 3. The summed E-state index contributed by atoms with van der Waals surface area (Å²) in [6.45, 7) is 3.33. The Kier molecular flexibility index (Phi) is 5.66. The first-order valence-corrected chi connectivity index (χ1v) is 8.64. The molecule has 0 aliphatic carbocycles. The molecule has 1 aliphatic rings. The number of nitrogens with one attached hydrogen (secondary N) is 1. The quantitative estimate of drug-likeness (QED) is 0.808. The van der Waals surface area contributed by atoms with E-state index in [9.17, 15) is 13.6 Å². The number of likely N-dealkylation sites (tertiary alicyclic amines) is 1. The Labute approximate surface area is 150 Å². The molecule has 1 saturated heterocycles. The summed E-state index contributed by atoms with van der Waals surface area (Å²) in [6.07, 6.45) is 2.43. The van der Waals surface area contributed by atoms with Crippen LogP contribution in [-0.4, -0.2) is 23.9 Å². The van der Waals surface area contributed by atoms with Gasteiger partial charge in [0.1, 0.15) is 0 Å². The minimum atomic E-state index is -1.09. The molecule has 3 nitrogen and oxygen atoms in total. The van der Waals surface area contributed by atoms with E-state index >= 15 is 0 Å². The van der Waals surface area contributed by atoms with Crippen molar-refractivity contribution in [3.63, 3.8) is 0 Å². The molecule has 1 heterocycles. The standard InChI is InChI=1S/C19H19ClF2N2O/c20-16-10-18(22)17(21)9-15(16)19(25)23-11-13-5-1-2-6-14(13)12-24-7-3-4-8-24/h1-2,5-6,9-10H,3-4,7-8,11-12H2,(H,23,25). The summed E-state index contributed by atoms with van der Waals surface area (Å²) in [6, 6.07) is 9.53. The number of carbonyl (C=O) groups is 1. The molecule has 6 heteroatoms. The van der Waals surface area contributed by atoms with Crippen LogP contribution < -0.4 is 5.32 Å². The highest BCUT2D eigenvalue weighted by Gasteiger charge is 2.16. The van der Waals surface area contributed by atoms with E-state index in [1.165, 1.54) is 12.8 Å². The molecule has 1 aliphatic heterocycles. The van der Waals surface area contributed by atoms with E-state index in [2.05, 4.69) is 10.2 Å². The van der Waals surface area contributed by atoms with E-state index in [0.717, 1.165) is 42.9 Å². The second kappa shape index (κ2) is 7.93. The molecule has 132 valence electrons. The first-order valence-electron chi connectivity index (χ1n) is 8.26. The third-order valence-electron chi connectivity index (χ3n) is 4.41. The van der Waals surface area contributed by atoms with E-state index in [0.29, 0.717) is 6.54 Å². The molecule has 2 aromatic carbocycles. The Bertz CT molecular complexity index is 776. The molecule has 0 radical (unpaired) electrons. The van der Waals surface area contributed by atoms with Gasteiger partial charge in [0.25, 0.3) is 5.91 Å². The minimum Gasteiger partial charge on any atom is -0.348 e. The average Bonchev–Trinajstić information content (AvgIpc) is 3.10. The van der Waals surface area contributed by atoms with Crippen LogP contribution in [0.5, 0.6) is 0 Å². The van der Waals surface area contributed by atoms with E-state index in [1.807, 2.05) is 24.3 Å². The molecule has 1 fully saturated rings. The van der Waals surface area contributed by atoms with Gasteiger partial charge in [-0.3, -0.25) is 9.69 Å². The van der Waals surface area contributed by atoms with Crippen molar-refractivity contribution in [2.24, 2.45) is 0 Å². The van der Waals surface area contributed by atoms with Gasteiger partial charge in [-0.1, -0.05) is 35.9 Å². The normalized spacial score (nSPS) is 14.7. The van der Waals surface area contributed by atoms with E-state index in [1.54, 1.807) is 0 Å². The number of amides is 1. The lowest BCUT2D eigenvalue weighted by atomic mass is 10.1. The maximum absolute atomic E-state index is 13.4. The molecule has 0 atom stereocenters. The van der Waals surface area contributed by atoms with E-state index < -0.39 is 17.5 Å². The molecule has 0 saturated carbocycles. The van der Waals surface area contributed by atoms with Gasteiger partial charge in [-0.25, -0.2) is 8.78 Å². The molecule has 0 unspecified atom stereocenters. The highest BCUT2D eigenvalue weighted by Crippen LogP contribution is 2.21. The van der Waals surface area contributed by atoms with Crippen molar-refractivity contribution in [2.75, 3.05) is 13.1 Å². The van der Waals surface area contributed by atoms with Gasteiger partial charge in [0.05, 0.1) is 10.6 Å². The number of rotatable bonds is 5. The topological polar surface area (TPSA) is 32.3 Å². The van der Waals surface area contributed by atoms with Crippen LogP contribution in [0.1, 0.15) is 34.3 Å². The maximum Gasteiger partial charge on any atom is 0.253 e. The van der Waals surface area contributed by atoms with Gasteiger partial charge < -0.3 is 5.32 Å². The predicted molar refractivity (Wildman–Crippen MR) is 93.5 cm³/mol. The van der Waals surface area contributed by atoms with E-state index in [4.69, 9.17) is 11.6 Å². The Morgan fingerprint density at radius 3 is 2.44 bits per heavy atom. The zero-order valence-corrected chi connectivity index (χ0v) is 14.5. The summed E-state index contributed by atoms with van der Waals surface area (Å²) in [7, 11) is 0. The van der Waals surface area contributed by atoms with Crippen molar-refractivity contribution in [3.8, 4) is 0 Å². The van der Waals surface area contributed by atoms with Crippen molar-refractivity contribution in [1.82, 2.24) is 10.2 Å². The largest absolute Gasteiger partial charge is 0.348 e. The van der Waals surface area contributed by atoms with Gasteiger partial charge in [0, 0.05) is 13.1 Å². The molecule has 1 amide bonds. The van der Waals surface area contributed by atoms with Crippen molar-refractivity contribution in [1.29, 1.82) is 0 Å². The third-order valence-corrected chi connectivity index (χ3v) is 4.72. The summed E-state index contributed by atoms with van der Waals surface area (Å²) in [5, 5.41) is 2.63. The zero-order chi connectivity index (χ0) is 17.8. The van der Waals surface area contributed by atoms with Crippen LogP contribution in [0.2, 0.25) is 5.02 Å². The number of carbonyl (C=O) groups excluding carboxylic acids is 1. The molecule has 1 N–H and O–H groups in total. The molecule has 0 bridgehead atoms. The second-order valence-corrected chi connectivity index (χ2v) is 6.59. The minimum absolute atomic E-state index is 0.0717. The Morgan fingerprint density at radius 1 is 1.08 bits per heavy atom. The number of hydrogen-bond acceptors (Lipinski definition) is 2. The average molecular weight is 365 g/mol. The fourth-order valence-electron chi connectivity index (χ4n) is 3.03. The molecular formula is C19H19ClF2N2O. The molecule has 3 rings (SSSR count). The van der Waals surface area contributed by atoms with Crippen LogP contribution >= 0.6 is 11.6 Å². The van der Waals surface area contributed by atoms with Crippen LogP contribution in [0.3, 0.4) is 0 Å². The molecule has 2 aromatic rings. The lowest BCUT2D eigenvalue weighted by Gasteiger charge is -2.18. The maximum atomic E-state index is 13.4. The van der Waals surface area contributed by atoms with Crippen LogP contribution in [0, 0.1) is 11.6 Å². The SMILES string of the molecule is O=C(NCc1ccccc1CN1CCCC1)c1cc(F)c(F)cc1Cl. The van der Waals surface area contributed by atoms with Gasteiger partial charge >= 0.3 is 0 Å². The van der Waals surface area contributed by atoms with E-state index in [-0.39, 0.29) is 10.6 Å². The lowest BCUT2D eigenvalue weighted by Crippen LogP contribution is -2.25. The van der Waals surface area contributed by atoms with Gasteiger partial charge in [0.15, 0.2) is 11.6 Å². The van der Waals surface area contributed by atoms with Gasteiger partial charge in [-0.2, -0.15) is 0 Å². The molecular weight excluding hydrogens is 346 g/mol. The summed E-state index contributed by atoms with van der Waals surface area (Å²) in [5.74, 6) is -2.69. The van der Waals surface area contributed by atoms with Gasteiger partial charge in [0.2, 0.25) is 0 Å². The van der Waals surface area contributed by atoms with Crippen LogP contribution in [0.25, 0.3) is 0 Å². The molecule has 0 aromatic heterocycles. The fourth-order valence-corrected chi connectivity index (χ4v) is 3.27. The Morgan fingerprint density at radius 2 is 1.72 bits per heavy atom. The number of hydrogen-bond donors (Lipinski definition) is 1. The Hall–Kier alpha value is -1.98. The summed E-state index contributed by atoms with van der Waals surface area (Å²) >= 11 is 5.85. The van der Waals surface area contributed by atoms with Crippen LogP contribution in [-0.2, 0) is 13.1 Å². The smallest absolute Gasteiger partial charge is 0.253 e. The first-order chi connectivity index (χ1) is 12.0. The highest BCUT2D eigenvalue weighted by atomic mass is 35.5. The van der Waals surface area contributed by atoms with Gasteiger partial charge in [-0.05, 0) is 49.2 Å². The van der Waals surface area contributed by atoms with Crippen LogP contribution in [0.15, 0.2) is 36.4 Å². The zero-order valence-electron chi connectivity index (χ0n) is 13.7. The summed E-state index contributed by atoms with van der Waals surface area (Å²) in [4.78, 5) is 14.6. The van der Waals surface area contributed by atoms with Crippen molar-refractivity contribution >= 4 is 17.5 Å². The summed E-state index contributed by atoms with van der Waals surface area (Å²) < 4.78 is 26.5. The monoisotopic (exact) mass is 364 g/mol. The Balaban J connectivity index is 1.69. The molecule has 25 heavy (non-hydrogen) atoms. The number of nitrogens with zero attached hydrogens (tertiary/aromatic N) is 1. The first kappa shape index (κ1) is 17.8. The lowest BCUT2D eigenvalue weighted by molar-refractivity contribution is 0.0950. The van der Waals surface area contributed by atoms with Crippen LogP contribution in [0.4, 0.5) is 8.78 Å². The predicted octanol–water partition coefficient (Wildman–Crippen LogP) is 4.14. The highest BCUT2D eigenvalue weighted by molar-refractivity contribution is 6.33.